The molecule has 0 bridgehead atoms. The third-order valence-electron chi connectivity index (χ3n) is 6.06. The molecule has 0 spiro atoms. The highest BCUT2D eigenvalue weighted by atomic mass is 32.2. The van der Waals surface area contributed by atoms with Gasteiger partial charge in [0.1, 0.15) is 17.6 Å². The molecule has 202 valence electrons. The van der Waals surface area contributed by atoms with Gasteiger partial charge in [-0.15, -0.1) is 0 Å². The van der Waals surface area contributed by atoms with Gasteiger partial charge in [-0.3, -0.25) is 9.59 Å². The summed E-state index contributed by atoms with van der Waals surface area (Å²) in [6.07, 6.45) is 1.56. The van der Waals surface area contributed by atoms with Crippen LogP contribution in [0.4, 0.5) is 4.39 Å². The van der Waals surface area contributed by atoms with Crippen LogP contribution in [0.25, 0.3) is 0 Å². The smallest absolute Gasteiger partial charge is 0.247 e. The van der Waals surface area contributed by atoms with E-state index in [0.717, 1.165) is 21.9 Å². The molecule has 0 aromatic heterocycles. The Labute approximate surface area is 223 Å². The van der Waals surface area contributed by atoms with Crippen molar-refractivity contribution < 1.29 is 27.1 Å². The maximum absolute atomic E-state index is 13.6. The summed E-state index contributed by atoms with van der Waals surface area (Å²) in [6, 6.07) is 20.8. The Hall–Kier alpha value is -3.76. The summed E-state index contributed by atoms with van der Waals surface area (Å²) in [7, 11) is -0.753. The molecule has 3 rings (SSSR count). The molecule has 0 aliphatic rings. The molecule has 2 amide bonds. The summed E-state index contributed by atoms with van der Waals surface area (Å²) in [5.41, 5.74) is 2.15. The minimum Gasteiger partial charge on any atom is -0.497 e. The highest BCUT2D eigenvalue weighted by molar-refractivity contribution is 7.88. The molecule has 0 saturated heterocycles. The Morgan fingerprint density at radius 2 is 1.55 bits per heavy atom. The number of ether oxygens (including phenoxy) is 1. The van der Waals surface area contributed by atoms with Gasteiger partial charge in [-0.05, 0) is 47.4 Å². The van der Waals surface area contributed by atoms with Gasteiger partial charge in [-0.25, -0.2) is 12.8 Å². The second-order valence-electron chi connectivity index (χ2n) is 8.87. The second-order valence-corrected chi connectivity index (χ2v) is 11.0. The van der Waals surface area contributed by atoms with E-state index in [9.17, 15) is 22.4 Å². The Morgan fingerprint density at radius 3 is 2.13 bits per heavy atom. The first-order valence-electron chi connectivity index (χ1n) is 12.0. The molecule has 1 atom stereocenters. The zero-order valence-electron chi connectivity index (χ0n) is 21.6. The fourth-order valence-electron chi connectivity index (χ4n) is 3.84. The van der Waals surface area contributed by atoms with E-state index < -0.39 is 40.2 Å². The van der Waals surface area contributed by atoms with Crippen LogP contribution in [0.5, 0.6) is 5.75 Å². The Morgan fingerprint density at radius 1 is 0.947 bits per heavy atom. The normalized spacial score (nSPS) is 12.1. The Bertz CT molecular complexity index is 1320. The molecule has 1 N–H and O–H groups in total. The molecule has 10 heteroatoms. The van der Waals surface area contributed by atoms with E-state index in [4.69, 9.17) is 4.74 Å². The Balaban J connectivity index is 1.89. The highest BCUT2D eigenvalue weighted by Gasteiger charge is 2.32. The topological polar surface area (TPSA) is 96.0 Å². The van der Waals surface area contributed by atoms with Gasteiger partial charge in [-0.2, -0.15) is 4.31 Å². The van der Waals surface area contributed by atoms with Gasteiger partial charge in [0.05, 0.1) is 19.9 Å². The minimum absolute atomic E-state index is 0.0256. The molecule has 0 heterocycles. The van der Waals surface area contributed by atoms with Gasteiger partial charge >= 0.3 is 0 Å². The number of carbonyl (C=O) groups excluding carboxylic acids is 2. The summed E-state index contributed by atoms with van der Waals surface area (Å²) >= 11 is 0. The van der Waals surface area contributed by atoms with Crippen molar-refractivity contribution in [2.45, 2.75) is 19.0 Å². The van der Waals surface area contributed by atoms with Crippen molar-refractivity contribution in [3.05, 3.63) is 101 Å². The number of rotatable bonds is 12. The monoisotopic (exact) mass is 541 g/mol. The average Bonchev–Trinajstić information content (AvgIpc) is 2.90. The predicted molar refractivity (Wildman–Crippen MR) is 143 cm³/mol. The average molecular weight is 542 g/mol. The second kappa shape index (κ2) is 13.2. The van der Waals surface area contributed by atoms with Gasteiger partial charge in [0, 0.05) is 20.1 Å². The molecule has 8 nitrogen and oxygen atoms in total. The van der Waals surface area contributed by atoms with Crippen molar-refractivity contribution in [1.29, 1.82) is 0 Å². The first kappa shape index (κ1) is 28.8. The van der Waals surface area contributed by atoms with E-state index in [0.29, 0.717) is 24.1 Å². The molecule has 0 aliphatic heterocycles. The molecule has 0 fully saturated rings. The molecule has 0 aliphatic carbocycles. The largest absolute Gasteiger partial charge is 0.497 e. The molecule has 38 heavy (non-hydrogen) atoms. The lowest BCUT2D eigenvalue weighted by atomic mass is 10.0. The van der Waals surface area contributed by atoms with Crippen LogP contribution in [0.1, 0.15) is 22.7 Å². The van der Waals surface area contributed by atoms with Crippen LogP contribution in [0.2, 0.25) is 0 Å². The lowest BCUT2D eigenvalue weighted by Gasteiger charge is -2.32. The van der Waals surface area contributed by atoms with E-state index in [2.05, 4.69) is 5.32 Å². The third-order valence-corrected chi connectivity index (χ3v) is 7.32. The molecule has 3 aromatic carbocycles. The van der Waals surface area contributed by atoms with Crippen LogP contribution >= 0.6 is 0 Å². The summed E-state index contributed by atoms with van der Waals surface area (Å²) in [5.74, 6) is -0.682. The number of sulfonamides is 1. The standard InChI is InChI=1S/C28H32FN3O5S/c1-31(38(3,35)36)20-26(33)32(19-22-9-13-24(29)14-10-22)27(23-7-5-4-6-8-23)28(34)30-18-17-21-11-15-25(37-2)16-12-21/h4-16,27H,17-20H2,1-3H3,(H,30,34)/t27-/m0/s1. The number of halogens is 1. The van der Waals surface area contributed by atoms with Gasteiger partial charge in [0.25, 0.3) is 0 Å². The fourth-order valence-corrected chi connectivity index (χ4v) is 4.18. The van der Waals surface area contributed by atoms with Crippen molar-refractivity contribution in [1.82, 2.24) is 14.5 Å². The zero-order valence-corrected chi connectivity index (χ0v) is 22.4. The molecule has 0 unspecified atom stereocenters. The van der Waals surface area contributed by atoms with Crippen molar-refractivity contribution >= 4 is 21.8 Å². The quantitative estimate of drug-likeness (QED) is 0.380. The number of hydrogen-bond donors (Lipinski definition) is 1. The van der Waals surface area contributed by atoms with Crippen molar-refractivity contribution in [3.8, 4) is 5.75 Å². The maximum Gasteiger partial charge on any atom is 0.247 e. The van der Waals surface area contributed by atoms with Crippen LogP contribution in [0.15, 0.2) is 78.9 Å². The summed E-state index contributed by atoms with van der Waals surface area (Å²) in [5, 5.41) is 2.92. The van der Waals surface area contributed by atoms with Crippen molar-refractivity contribution in [2.24, 2.45) is 0 Å². The zero-order chi connectivity index (χ0) is 27.7. The molecular formula is C28H32FN3O5S. The number of nitrogens with zero attached hydrogens (tertiary/aromatic N) is 2. The predicted octanol–water partition coefficient (Wildman–Crippen LogP) is 3.15. The van der Waals surface area contributed by atoms with E-state index in [1.54, 1.807) is 37.4 Å². The van der Waals surface area contributed by atoms with Crippen LogP contribution in [-0.4, -0.2) is 62.9 Å². The minimum atomic E-state index is -3.64. The number of likely N-dealkylation sites (N-methyl/N-ethyl adjacent to an activating group) is 1. The Kier molecular flexibility index (Phi) is 9.98. The van der Waals surface area contributed by atoms with Crippen LogP contribution in [0, 0.1) is 5.82 Å². The number of benzene rings is 3. The van der Waals surface area contributed by atoms with Gasteiger partial charge < -0.3 is 15.0 Å². The highest BCUT2D eigenvalue weighted by Crippen LogP contribution is 2.24. The number of amides is 2. The molecule has 0 saturated carbocycles. The first-order chi connectivity index (χ1) is 18.1. The first-order valence-corrected chi connectivity index (χ1v) is 13.8. The van der Waals surface area contributed by atoms with Crippen LogP contribution in [-0.2, 0) is 32.6 Å². The molecule has 3 aromatic rings. The van der Waals surface area contributed by atoms with Crippen LogP contribution in [0.3, 0.4) is 0 Å². The van der Waals surface area contributed by atoms with E-state index in [-0.39, 0.29) is 6.54 Å². The van der Waals surface area contributed by atoms with Crippen LogP contribution < -0.4 is 10.1 Å². The molecule has 0 radical (unpaired) electrons. The number of hydrogen-bond acceptors (Lipinski definition) is 5. The lowest BCUT2D eigenvalue weighted by molar-refractivity contribution is -0.141. The SMILES string of the molecule is COc1ccc(CCNC(=O)[C@H](c2ccccc2)N(Cc2ccc(F)cc2)C(=O)CN(C)S(C)(=O)=O)cc1. The van der Waals surface area contributed by atoms with Crippen molar-refractivity contribution in [3.63, 3.8) is 0 Å². The number of methoxy groups -OCH3 is 1. The number of carbonyl (C=O) groups is 2. The maximum atomic E-state index is 13.6. The van der Waals surface area contributed by atoms with Crippen molar-refractivity contribution in [2.75, 3.05) is 33.5 Å². The lowest BCUT2D eigenvalue weighted by Crippen LogP contribution is -2.47. The van der Waals surface area contributed by atoms with E-state index in [1.807, 2.05) is 24.3 Å². The summed E-state index contributed by atoms with van der Waals surface area (Å²) < 4.78 is 43.6. The van der Waals surface area contributed by atoms with Gasteiger partial charge in [0.15, 0.2) is 0 Å². The molecular weight excluding hydrogens is 509 g/mol. The van der Waals surface area contributed by atoms with E-state index in [1.165, 1.54) is 36.2 Å². The number of nitrogens with one attached hydrogen (secondary N) is 1. The van der Waals surface area contributed by atoms with Gasteiger partial charge in [0.2, 0.25) is 21.8 Å². The summed E-state index contributed by atoms with van der Waals surface area (Å²) in [4.78, 5) is 28.4. The van der Waals surface area contributed by atoms with Gasteiger partial charge in [-0.1, -0.05) is 54.6 Å². The van der Waals surface area contributed by atoms with E-state index >= 15 is 0 Å². The third kappa shape index (κ3) is 8.12. The fraction of sp³-hybridized carbons (Fsp3) is 0.286. The summed E-state index contributed by atoms with van der Waals surface area (Å²) in [6.45, 7) is -0.166.